The number of thiophene rings is 1. The summed E-state index contributed by atoms with van der Waals surface area (Å²) >= 11 is 1.37. The lowest BCUT2D eigenvalue weighted by Gasteiger charge is -2.03. The van der Waals surface area contributed by atoms with Crippen molar-refractivity contribution in [1.82, 2.24) is 0 Å². The van der Waals surface area contributed by atoms with Crippen LogP contribution in [0.3, 0.4) is 0 Å². The van der Waals surface area contributed by atoms with Crippen molar-refractivity contribution in [2.45, 2.75) is 0 Å². The van der Waals surface area contributed by atoms with Crippen molar-refractivity contribution in [3.63, 3.8) is 0 Å². The Morgan fingerprint density at radius 1 is 1.19 bits per heavy atom. The molecule has 0 spiro atoms. The fourth-order valence-corrected chi connectivity index (χ4v) is 2.08. The molecule has 0 aliphatic rings. The van der Waals surface area contributed by atoms with Crippen molar-refractivity contribution in [2.75, 3.05) is 7.11 Å². The number of benzene rings is 1. The van der Waals surface area contributed by atoms with Crippen LogP contribution < -0.4 is 4.74 Å². The van der Waals surface area contributed by atoms with Gasteiger partial charge < -0.3 is 9.47 Å². The van der Waals surface area contributed by atoms with Crippen LogP contribution >= 0.6 is 11.3 Å². The van der Waals surface area contributed by atoms with Gasteiger partial charge in [0.25, 0.3) is 0 Å². The summed E-state index contributed by atoms with van der Waals surface area (Å²) in [5.41, 5.74) is 1.92. The van der Waals surface area contributed by atoms with Crippen LogP contribution in [0, 0.1) is 0 Å². The highest BCUT2D eigenvalue weighted by Crippen LogP contribution is 2.35. The van der Waals surface area contributed by atoms with Gasteiger partial charge in [-0.15, -0.1) is 11.3 Å². The molecule has 0 aliphatic heterocycles. The first kappa shape index (κ1) is 10.7. The molecular formula is C12H10O3S. The summed E-state index contributed by atoms with van der Waals surface area (Å²) in [6.45, 7) is 0. The SMILES string of the molecule is COC(=O)Oc1sccc1-c1ccccc1. The van der Waals surface area contributed by atoms with Crippen molar-refractivity contribution in [1.29, 1.82) is 0 Å². The van der Waals surface area contributed by atoms with Gasteiger partial charge in [-0.05, 0) is 17.0 Å². The van der Waals surface area contributed by atoms with E-state index in [4.69, 9.17) is 4.74 Å². The van der Waals surface area contributed by atoms with E-state index in [-0.39, 0.29) is 0 Å². The van der Waals surface area contributed by atoms with E-state index >= 15 is 0 Å². The van der Waals surface area contributed by atoms with Crippen LogP contribution in [-0.2, 0) is 4.74 Å². The molecule has 16 heavy (non-hydrogen) atoms. The Hall–Kier alpha value is -1.81. The van der Waals surface area contributed by atoms with Gasteiger partial charge in [-0.2, -0.15) is 0 Å². The summed E-state index contributed by atoms with van der Waals surface area (Å²) < 4.78 is 9.51. The van der Waals surface area contributed by atoms with Crippen LogP contribution in [0.15, 0.2) is 41.8 Å². The largest absolute Gasteiger partial charge is 0.514 e. The van der Waals surface area contributed by atoms with Crippen LogP contribution in [0.4, 0.5) is 4.79 Å². The number of carbonyl (C=O) groups is 1. The van der Waals surface area contributed by atoms with E-state index in [2.05, 4.69) is 4.74 Å². The first-order valence-corrected chi connectivity index (χ1v) is 5.58. The lowest BCUT2D eigenvalue weighted by atomic mass is 10.1. The summed E-state index contributed by atoms with van der Waals surface area (Å²) in [6, 6.07) is 11.7. The van der Waals surface area contributed by atoms with E-state index in [1.807, 2.05) is 41.8 Å². The summed E-state index contributed by atoms with van der Waals surface area (Å²) in [7, 11) is 1.29. The predicted octanol–water partition coefficient (Wildman–Crippen LogP) is 3.56. The fraction of sp³-hybridized carbons (Fsp3) is 0.0833. The van der Waals surface area contributed by atoms with E-state index in [0.717, 1.165) is 11.1 Å². The highest BCUT2D eigenvalue weighted by molar-refractivity contribution is 7.12. The highest BCUT2D eigenvalue weighted by Gasteiger charge is 2.11. The molecule has 1 aromatic heterocycles. The Bertz CT molecular complexity index is 476. The number of rotatable bonds is 2. The van der Waals surface area contributed by atoms with Gasteiger partial charge in [-0.3, -0.25) is 0 Å². The average Bonchev–Trinajstić information content (AvgIpc) is 2.78. The number of ether oxygens (including phenoxy) is 2. The molecule has 0 aliphatic carbocycles. The molecule has 0 unspecified atom stereocenters. The van der Waals surface area contributed by atoms with Crippen LogP contribution in [0.1, 0.15) is 0 Å². The molecular weight excluding hydrogens is 224 g/mol. The van der Waals surface area contributed by atoms with E-state index < -0.39 is 6.16 Å². The molecule has 0 atom stereocenters. The topological polar surface area (TPSA) is 35.5 Å². The van der Waals surface area contributed by atoms with Crippen molar-refractivity contribution >= 4 is 17.5 Å². The second-order valence-electron chi connectivity index (χ2n) is 3.04. The maximum Gasteiger partial charge on any atom is 0.514 e. The van der Waals surface area contributed by atoms with Crippen LogP contribution in [0.5, 0.6) is 5.06 Å². The third kappa shape index (κ3) is 2.23. The third-order valence-electron chi connectivity index (χ3n) is 2.06. The Balaban J connectivity index is 2.29. The van der Waals surface area contributed by atoms with Crippen molar-refractivity contribution in [3.8, 4) is 16.2 Å². The molecule has 0 saturated carbocycles. The predicted molar refractivity (Wildman–Crippen MR) is 62.8 cm³/mol. The minimum atomic E-state index is -0.695. The van der Waals surface area contributed by atoms with Crippen LogP contribution in [-0.4, -0.2) is 13.3 Å². The molecule has 4 heteroatoms. The van der Waals surface area contributed by atoms with Gasteiger partial charge in [0.15, 0.2) is 5.06 Å². The molecule has 2 aromatic rings. The molecule has 0 radical (unpaired) electrons. The zero-order valence-electron chi connectivity index (χ0n) is 8.67. The van der Waals surface area contributed by atoms with Gasteiger partial charge in [0.05, 0.1) is 7.11 Å². The van der Waals surface area contributed by atoms with Gasteiger partial charge in [0, 0.05) is 5.56 Å². The van der Waals surface area contributed by atoms with Crippen LogP contribution in [0.2, 0.25) is 0 Å². The standard InChI is InChI=1S/C12H10O3S/c1-14-12(13)15-11-10(7-8-16-11)9-5-3-2-4-6-9/h2-8H,1H3. The summed E-state index contributed by atoms with van der Waals surface area (Å²) in [6.07, 6.45) is -0.695. The minimum absolute atomic E-state index is 0.554. The van der Waals surface area contributed by atoms with Crippen molar-refractivity contribution < 1.29 is 14.3 Å². The zero-order valence-corrected chi connectivity index (χ0v) is 9.49. The number of hydrogen-bond acceptors (Lipinski definition) is 4. The third-order valence-corrected chi connectivity index (χ3v) is 2.85. The molecule has 0 saturated heterocycles. The first-order valence-electron chi connectivity index (χ1n) is 4.70. The number of methoxy groups -OCH3 is 1. The quantitative estimate of drug-likeness (QED) is 0.745. The Kier molecular flexibility index (Phi) is 3.22. The zero-order chi connectivity index (χ0) is 11.4. The first-order chi connectivity index (χ1) is 7.81. The second kappa shape index (κ2) is 4.81. The summed E-state index contributed by atoms with van der Waals surface area (Å²) in [4.78, 5) is 11.0. The van der Waals surface area contributed by atoms with Gasteiger partial charge in [0.1, 0.15) is 0 Å². The molecule has 0 bridgehead atoms. The highest BCUT2D eigenvalue weighted by atomic mass is 32.1. The minimum Gasteiger partial charge on any atom is -0.437 e. The normalized spacial score (nSPS) is 9.81. The molecule has 82 valence electrons. The smallest absolute Gasteiger partial charge is 0.437 e. The van der Waals surface area contributed by atoms with Gasteiger partial charge in [-0.25, -0.2) is 4.79 Å². The molecule has 1 aromatic carbocycles. The molecule has 3 nitrogen and oxygen atoms in total. The Morgan fingerprint density at radius 3 is 2.62 bits per heavy atom. The van der Waals surface area contributed by atoms with E-state index in [9.17, 15) is 4.79 Å². The van der Waals surface area contributed by atoms with Crippen molar-refractivity contribution in [3.05, 3.63) is 41.8 Å². The molecule has 0 fully saturated rings. The average molecular weight is 234 g/mol. The molecule has 0 N–H and O–H groups in total. The maximum atomic E-state index is 11.0. The Labute approximate surface area is 97.2 Å². The maximum absolute atomic E-state index is 11.0. The molecule has 1 heterocycles. The summed E-state index contributed by atoms with van der Waals surface area (Å²) in [5, 5.41) is 2.43. The lowest BCUT2D eigenvalue weighted by Crippen LogP contribution is -2.06. The second-order valence-corrected chi connectivity index (χ2v) is 3.92. The van der Waals surface area contributed by atoms with Crippen molar-refractivity contribution in [2.24, 2.45) is 0 Å². The molecule has 2 rings (SSSR count). The number of hydrogen-bond donors (Lipinski definition) is 0. The number of carbonyl (C=O) groups excluding carboxylic acids is 1. The fourth-order valence-electron chi connectivity index (χ4n) is 1.32. The summed E-state index contributed by atoms with van der Waals surface area (Å²) in [5.74, 6) is 0. The van der Waals surface area contributed by atoms with E-state index in [1.165, 1.54) is 18.4 Å². The Morgan fingerprint density at radius 2 is 1.94 bits per heavy atom. The molecule has 0 amide bonds. The lowest BCUT2D eigenvalue weighted by molar-refractivity contribution is 0.123. The van der Waals surface area contributed by atoms with Gasteiger partial charge >= 0.3 is 6.16 Å². The monoisotopic (exact) mass is 234 g/mol. The van der Waals surface area contributed by atoms with Crippen LogP contribution in [0.25, 0.3) is 11.1 Å². The van der Waals surface area contributed by atoms with Gasteiger partial charge in [-0.1, -0.05) is 30.3 Å². The van der Waals surface area contributed by atoms with Gasteiger partial charge in [0.2, 0.25) is 0 Å². The van der Waals surface area contributed by atoms with E-state index in [1.54, 1.807) is 0 Å². The van der Waals surface area contributed by atoms with E-state index in [0.29, 0.717) is 5.06 Å².